The standard InChI is InChI=1S/C9H10N2O/c1-6-3-7-4-8(12-2)5-10-9(7)11-6/h3-5H,1-2H3,(H,10,11). The largest absolute Gasteiger partial charge is 0.495 e. The first-order chi connectivity index (χ1) is 5.79. The number of hydrogen-bond acceptors (Lipinski definition) is 2. The second kappa shape index (κ2) is 2.52. The molecule has 2 rings (SSSR count). The molecule has 3 nitrogen and oxygen atoms in total. The van der Waals surface area contributed by atoms with E-state index in [1.807, 2.05) is 19.1 Å². The Morgan fingerprint density at radius 2 is 2.25 bits per heavy atom. The minimum Gasteiger partial charge on any atom is -0.495 e. The zero-order valence-corrected chi connectivity index (χ0v) is 7.09. The lowest BCUT2D eigenvalue weighted by Crippen LogP contribution is -1.83. The molecule has 0 saturated heterocycles. The highest BCUT2D eigenvalue weighted by atomic mass is 16.5. The van der Waals surface area contributed by atoms with Crippen LogP contribution in [0.3, 0.4) is 0 Å². The molecule has 0 unspecified atom stereocenters. The summed E-state index contributed by atoms with van der Waals surface area (Å²) in [6, 6.07) is 4.01. The highest BCUT2D eigenvalue weighted by molar-refractivity contribution is 5.77. The summed E-state index contributed by atoms with van der Waals surface area (Å²) >= 11 is 0. The summed E-state index contributed by atoms with van der Waals surface area (Å²) in [6.45, 7) is 2.01. The first-order valence-corrected chi connectivity index (χ1v) is 3.79. The van der Waals surface area contributed by atoms with Crippen molar-refractivity contribution in [3.8, 4) is 5.75 Å². The number of hydrogen-bond donors (Lipinski definition) is 1. The molecule has 0 saturated carbocycles. The number of aromatic nitrogens is 2. The van der Waals surface area contributed by atoms with E-state index in [2.05, 4.69) is 9.97 Å². The maximum absolute atomic E-state index is 5.06. The Kier molecular flexibility index (Phi) is 1.50. The summed E-state index contributed by atoms with van der Waals surface area (Å²) in [5.41, 5.74) is 2.03. The van der Waals surface area contributed by atoms with Gasteiger partial charge in [-0.1, -0.05) is 0 Å². The minimum atomic E-state index is 0.793. The molecular formula is C9H10N2O. The molecule has 3 heteroatoms. The van der Waals surface area contributed by atoms with Gasteiger partial charge in [0.15, 0.2) is 0 Å². The van der Waals surface area contributed by atoms with Crippen molar-refractivity contribution in [1.29, 1.82) is 0 Å². The second-order valence-electron chi connectivity index (χ2n) is 2.77. The number of methoxy groups -OCH3 is 1. The number of pyridine rings is 1. The van der Waals surface area contributed by atoms with Crippen LogP contribution < -0.4 is 4.74 Å². The van der Waals surface area contributed by atoms with Gasteiger partial charge in [-0.15, -0.1) is 0 Å². The van der Waals surface area contributed by atoms with Crippen LogP contribution in [0.4, 0.5) is 0 Å². The molecule has 0 aromatic carbocycles. The van der Waals surface area contributed by atoms with Gasteiger partial charge in [-0.2, -0.15) is 0 Å². The van der Waals surface area contributed by atoms with Crippen molar-refractivity contribution in [2.24, 2.45) is 0 Å². The van der Waals surface area contributed by atoms with Gasteiger partial charge < -0.3 is 9.72 Å². The lowest BCUT2D eigenvalue weighted by atomic mass is 10.3. The molecule has 0 spiro atoms. The van der Waals surface area contributed by atoms with Crippen molar-refractivity contribution >= 4 is 11.0 Å². The van der Waals surface area contributed by atoms with Crippen molar-refractivity contribution in [1.82, 2.24) is 9.97 Å². The van der Waals surface area contributed by atoms with Crippen LogP contribution in [0.2, 0.25) is 0 Å². The second-order valence-corrected chi connectivity index (χ2v) is 2.77. The summed E-state index contributed by atoms with van der Waals surface area (Å²) < 4.78 is 5.06. The average molecular weight is 162 g/mol. The van der Waals surface area contributed by atoms with Crippen molar-refractivity contribution in [2.45, 2.75) is 6.92 Å². The smallest absolute Gasteiger partial charge is 0.137 e. The number of fused-ring (bicyclic) bond motifs is 1. The minimum absolute atomic E-state index is 0.793. The molecule has 12 heavy (non-hydrogen) atoms. The fraction of sp³-hybridized carbons (Fsp3) is 0.222. The van der Waals surface area contributed by atoms with Crippen LogP contribution in [-0.2, 0) is 0 Å². The number of aryl methyl sites for hydroxylation is 1. The first-order valence-electron chi connectivity index (χ1n) is 3.79. The monoisotopic (exact) mass is 162 g/mol. The van der Waals surface area contributed by atoms with Crippen LogP contribution in [0.25, 0.3) is 11.0 Å². The van der Waals surface area contributed by atoms with Crippen molar-refractivity contribution in [3.05, 3.63) is 24.0 Å². The third kappa shape index (κ3) is 1.03. The molecule has 0 fully saturated rings. The van der Waals surface area contributed by atoms with Crippen LogP contribution in [0.1, 0.15) is 5.69 Å². The predicted octanol–water partition coefficient (Wildman–Crippen LogP) is 1.88. The Balaban J connectivity index is 2.66. The molecule has 2 heterocycles. The van der Waals surface area contributed by atoms with Gasteiger partial charge in [0.2, 0.25) is 0 Å². The van der Waals surface area contributed by atoms with E-state index in [9.17, 15) is 0 Å². The highest BCUT2D eigenvalue weighted by Crippen LogP contribution is 2.17. The third-order valence-corrected chi connectivity index (χ3v) is 1.82. The van der Waals surface area contributed by atoms with Gasteiger partial charge in [0.1, 0.15) is 11.4 Å². The van der Waals surface area contributed by atoms with E-state index in [0.717, 1.165) is 22.5 Å². The number of aromatic amines is 1. The summed E-state index contributed by atoms with van der Waals surface area (Å²) in [5, 5.41) is 1.09. The molecule has 2 aromatic rings. The van der Waals surface area contributed by atoms with Crippen LogP contribution in [0, 0.1) is 6.92 Å². The molecule has 0 radical (unpaired) electrons. The quantitative estimate of drug-likeness (QED) is 0.695. The van der Waals surface area contributed by atoms with Gasteiger partial charge in [-0.05, 0) is 19.1 Å². The Hall–Kier alpha value is -1.51. The van der Waals surface area contributed by atoms with E-state index in [1.165, 1.54) is 0 Å². The van der Waals surface area contributed by atoms with E-state index in [-0.39, 0.29) is 0 Å². The lowest BCUT2D eigenvalue weighted by molar-refractivity contribution is 0.413. The number of ether oxygens (including phenoxy) is 1. The van der Waals surface area contributed by atoms with Crippen LogP contribution >= 0.6 is 0 Å². The Labute approximate surface area is 70.4 Å². The number of nitrogens with one attached hydrogen (secondary N) is 1. The zero-order valence-electron chi connectivity index (χ0n) is 7.09. The van der Waals surface area contributed by atoms with E-state index >= 15 is 0 Å². The molecule has 0 bridgehead atoms. The molecule has 0 atom stereocenters. The van der Waals surface area contributed by atoms with Crippen LogP contribution in [0.5, 0.6) is 5.75 Å². The summed E-state index contributed by atoms with van der Waals surface area (Å²) in [4.78, 5) is 7.34. The molecule has 2 aromatic heterocycles. The fourth-order valence-corrected chi connectivity index (χ4v) is 1.24. The predicted molar refractivity (Wildman–Crippen MR) is 47.4 cm³/mol. The summed E-state index contributed by atoms with van der Waals surface area (Å²) in [6.07, 6.45) is 1.71. The van der Waals surface area contributed by atoms with E-state index in [1.54, 1.807) is 13.3 Å². The van der Waals surface area contributed by atoms with E-state index in [4.69, 9.17) is 4.74 Å². The topological polar surface area (TPSA) is 37.9 Å². The van der Waals surface area contributed by atoms with Crippen molar-refractivity contribution in [3.63, 3.8) is 0 Å². The van der Waals surface area contributed by atoms with Gasteiger partial charge >= 0.3 is 0 Å². The lowest BCUT2D eigenvalue weighted by Gasteiger charge is -1.96. The van der Waals surface area contributed by atoms with E-state index in [0.29, 0.717) is 0 Å². The summed E-state index contributed by atoms with van der Waals surface area (Å²) in [5.74, 6) is 0.793. The number of rotatable bonds is 1. The normalized spacial score (nSPS) is 10.5. The Morgan fingerprint density at radius 1 is 1.42 bits per heavy atom. The SMILES string of the molecule is COc1cnc2[nH]c(C)cc2c1. The van der Waals surface area contributed by atoms with Crippen LogP contribution in [-0.4, -0.2) is 17.1 Å². The molecule has 0 aliphatic heterocycles. The van der Waals surface area contributed by atoms with E-state index < -0.39 is 0 Å². The molecule has 1 N–H and O–H groups in total. The van der Waals surface area contributed by atoms with Crippen LogP contribution in [0.15, 0.2) is 18.3 Å². The Morgan fingerprint density at radius 3 is 3.00 bits per heavy atom. The third-order valence-electron chi connectivity index (χ3n) is 1.82. The first kappa shape index (κ1) is 7.16. The maximum Gasteiger partial charge on any atom is 0.137 e. The molecule has 0 amide bonds. The number of nitrogens with zero attached hydrogens (tertiary/aromatic N) is 1. The van der Waals surface area contributed by atoms with Gasteiger partial charge in [0.25, 0.3) is 0 Å². The van der Waals surface area contributed by atoms with Gasteiger partial charge in [0.05, 0.1) is 13.3 Å². The molecule has 0 aliphatic rings. The Bertz CT molecular complexity index is 406. The summed E-state index contributed by atoms with van der Waals surface area (Å²) in [7, 11) is 1.64. The molecule has 62 valence electrons. The molecule has 0 aliphatic carbocycles. The fourth-order valence-electron chi connectivity index (χ4n) is 1.24. The molecular weight excluding hydrogens is 152 g/mol. The zero-order chi connectivity index (χ0) is 8.55. The number of H-pyrrole nitrogens is 1. The van der Waals surface area contributed by atoms with Crippen molar-refractivity contribution in [2.75, 3.05) is 7.11 Å². The van der Waals surface area contributed by atoms with Gasteiger partial charge in [0, 0.05) is 11.1 Å². The van der Waals surface area contributed by atoms with Gasteiger partial charge in [-0.3, -0.25) is 0 Å². The maximum atomic E-state index is 5.06. The average Bonchev–Trinajstić information content (AvgIpc) is 2.43. The highest BCUT2D eigenvalue weighted by Gasteiger charge is 1.99. The van der Waals surface area contributed by atoms with Crippen molar-refractivity contribution < 1.29 is 4.74 Å². The van der Waals surface area contributed by atoms with Gasteiger partial charge in [-0.25, -0.2) is 4.98 Å².